The minimum absolute atomic E-state index is 0.0300. The Balaban J connectivity index is 1.96. The van der Waals surface area contributed by atoms with Gasteiger partial charge in [-0.3, -0.25) is 14.9 Å². The molecule has 6 nitrogen and oxygen atoms in total. The summed E-state index contributed by atoms with van der Waals surface area (Å²) in [5.41, 5.74) is 0.505. The van der Waals surface area contributed by atoms with E-state index in [2.05, 4.69) is 0 Å². The standard InChI is InChI=1S/C17H13ClN2O4S/c18-13-3-4-16(20(22)23)15(8-13)17(21)19(9-12-5-6-24-11-12)10-14-2-1-7-25-14/h1-8,11H,9-10H2. The molecular weight excluding hydrogens is 364 g/mol. The number of carbonyl (C=O) groups is 1. The molecule has 0 aliphatic carbocycles. The summed E-state index contributed by atoms with van der Waals surface area (Å²) in [5, 5.41) is 13.5. The summed E-state index contributed by atoms with van der Waals surface area (Å²) in [5.74, 6) is -0.455. The molecule has 0 atom stereocenters. The fraction of sp³-hybridized carbons (Fsp3) is 0.118. The van der Waals surface area contributed by atoms with Gasteiger partial charge in [0.1, 0.15) is 5.56 Å². The van der Waals surface area contributed by atoms with Crippen molar-refractivity contribution < 1.29 is 14.1 Å². The van der Waals surface area contributed by atoms with Crippen LogP contribution in [0.3, 0.4) is 0 Å². The van der Waals surface area contributed by atoms with Gasteiger partial charge in [-0.25, -0.2) is 0 Å². The number of hydrogen-bond donors (Lipinski definition) is 0. The maximum absolute atomic E-state index is 13.0. The molecule has 0 N–H and O–H groups in total. The van der Waals surface area contributed by atoms with Gasteiger partial charge in [0, 0.05) is 28.1 Å². The summed E-state index contributed by atoms with van der Waals surface area (Å²) in [6.07, 6.45) is 3.06. The lowest BCUT2D eigenvalue weighted by Crippen LogP contribution is -2.30. The molecule has 2 heterocycles. The second kappa shape index (κ2) is 7.50. The van der Waals surface area contributed by atoms with Gasteiger partial charge in [-0.2, -0.15) is 0 Å². The lowest BCUT2D eigenvalue weighted by atomic mass is 10.1. The molecule has 8 heteroatoms. The van der Waals surface area contributed by atoms with E-state index in [9.17, 15) is 14.9 Å². The highest BCUT2D eigenvalue weighted by Gasteiger charge is 2.26. The molecule has 1 aromatic carbocycles. The average Bonchev–Trinajstić information content (AvgIpc) is 3.27. The van der Waals surface area contributed by atoms with E-state index in [0.717, 1.165) is 10.4 Å². The molecule has 128 valence electrons. The number of rotatable bonds is 6. The van der Waals surface area contributed by atoms with E-state index in [1.165, 1.54) is 40.7 Å². The molecule has 3 rings (SSSR count). The average molecular weight is 377 g/mol. The van der Waals surface area contributed by atoms with Crippen LogP contribution in [0.5, 0.6) is 0 Å². The molecule has 0 saturated carbocycles. The normalized spacial score (nSPS) is 10.6. The van der Waals surface area contributed by atoms with Crippen LogP contribution in [0.2, 0.25) is 5.02 Å². The number of thiophene rings is 1. The Bertz CT molecular complexity index is 842. The molecule has 0 bridgehead atoms. The molecule has 0 spiro atoms. The second-order valence-corrected chi connectivity index (χ2v) is 6.76. The van der Waals surface area contributed by atoms with Crippen molar-refractivity contribution in [3.05, 3.63) is 85.4 Å². The largest absolute Gasteiger partial charge is 0.472 e. The lowest BCUT2D eigenvalue weighted by Gasteiger charge is -2.21. The molecule has 0 saturated heterocycles. The quantitative estimate of drug-likeness (QED) is 0.459. The SMILES string of the molecule is O=C(c1cc(Cl)ccc1[N+](=O)[O-])N(Cc1ccoc1)Cc1cccs1. The third-order valence-electron chi connectivity index (χ3n) is 3.55. The fourth-order valence-corrected chi connectivity index (χ4v) is 3.29. The van der Waals surface area contributed by atoms with E-state index in [-0.39, 0.29) is 22.8 Å². The van der Waals surface area contributed by atoms with Crippen LogP contribution in [-0.4, -0.2) is 15.7 Å². The molecule has 0 aliphatic rings. The highest BCUT2D eigenvalue weighted by molar-refractivity contribution is 7.09. The Hall–Kier alpha value is -2.64. The smallest absolute Gasteiger partial charge is 0.282 e. The summed E-state index contributed by atoms with van der Waals surface area (Å²) in [6.45, 7) is 0.613. The van der Waals surface area contributed by atoms with Gasteiger partial charge in [0.25, 0.3) is 11.6 Å². The zero-order valence-electron chi connectivity index (χ0n) is 12.9. The van der Waals surface area contributed by atoms with Crippen LogP contribution < -0.4 is 0 Å². The van der Waals surface area contributed by atoms with Crippen molar-refractivity contribution in [3.8, 4) is 0 Å². The molecule has 0 unspecified atom stereocenters. The number of hydrogen-bond acceptors (Lipinski definition) is 5. The minimum Gasteiger partial charge on any atom is -0.472 e. The van der Waals surface area contributed by atoms with E-state index in [0.29, 0.717) is 6.54 Å². The monoisotopic (exact) mass is 376 g/mol. The first-order chi connectivity index (χ1) is 12.0. The molecular formula is C17H13ClN2O4S. The second-order valence-electron chi connectivity index (χ2n) is 5.29. The van der Waals surface area contributed by atoms with Crippen LogP contribution >= 0.6 is 22.9 Å². The summed E-state index contributed by atoms with van der Waals surface area (Å²) in [7, 11) is 0. The van der Waals surface area contributed by atoms with Crippen LogP contribution in [0.25, 0.3) is 0 Å². The van der Waals surface area contributed by atoms with E-state index in [1.807, 2.05) is 17.5 Å². The van der Waals surface area contributed by atoms with Crippen molar-refractivity contribution >= 4 is 34.5 Å². The van der Waals surface area contributed by atoms with Crippen LogP contribution in [0, 0.1) is 10.1 Å². The summed E-state index contributed by atoms with van der Waals surface area (Å²) in [4.78, 5) is 26.2. The Labute approximate surface area is 152 Å². The number of halogens is 1. The van der Waals surface area contributed by atoms with Crippen LogP contribution in [0.15, 0.2) is 58.7 Å². The molecule has 2 aromatic heterocycles. The van der Waals surface area contributed by atoms with Crippen molar-refractivity contribution in [1.29, 1.82) is 0 Å². The molecule has 0 aliphatic heterocycles. The Morgan fingerprint density at radius 3 is 2.76 bits per heavy atom. The molecule has 0 fully saturated rings. The Morgan fingerprint density at radius 2 is 2.12 bits per heavy atom. The van der Waals surface area contributed by atoms with Crippen LogP contribution in [-0.2, 0) is 13.1 Å². The number of nitro groups is 1. The van der Waals surface area contributed by atoms with E-state index in [4.69, 9.17) is 16.0 Å². The highest BCUT2D eigenvalue weighted by atomic mass is 35.5. The van der Waals surface area contributed by atoms with Crippen LogP contribution in [0.4, 0.5) is 5.69 Å². The first-order valence-electron chi connectivity index (χ1n) is 7.31. The molecule has 0 radical (unpaired) electrons. The Morgan fingerprint density at radius 1 is 1.28 bits per heavy atom. The van der Waals surface area contributed by atoms with E-state index < -0.39 is 10.8 Å². The zero-order chi connectivity index (χ0) is 17.8. The first kappa shape index (κ1) is 17.2. The maximum Gasteiger partial charge on any atom is 0.282 e. The third kappa shape index (κ3) is 4.07. The third-order valence-corrected chi connectivity index (χ3v) is 4.65. The van der Waals surface area contributed by atoms with E-state index >= 15 is 0 Å². The van der Waals surface area contributed by atoms with Crippen molar-refractivity contribution in [3.63, 3.8) is 0 Å². The number of benzene rings is 1. The number of nitro benzene ring substituents is 1. The summed E-state index contributed by atoms with van der Waals surface area (Å²) in [6, 6.07) is 9.53. The van der Waals surface area contributed by atoms with Gasteiger partial charge < -0.3 is 9.32 Å². The van der Waals surface area contributed by atoms with Gasteiger partial charge in [0.15, 0.2) is 0 Å². The fourth-order valence-electron chi connectivity index (χ4n) is 2.40. The molecule has 1 amide bonds. The van der Waals surface area contributed by atoms with E-state index in [1.54, 1.807) is 12.3 Å². The zero-order valence-corrected chi connectivity index (χ0v) is 14.5. The van der Waals surface area contributed by atoms with Gasteiger partial charge in [0.05, 0.1) is 24.0 Å². The van der Waals surface area contributed by atoms with Gasteiger partial charge in [-0.15, -0.1) is 11.3 Å². The highest BCUT2D eigenvalue weighted by Crippen LogP contribution is 2.26. The van der Waals surface area contributed by atoms with Crippen LogP contribution in [0.1, 0.15) is 20.8 Å². The molecule has 3 aromatic rings. The first-order valence-corrected chi connectivity index (χ1v) is 8.57. The van der Waals surface area contributed by atoms with Crippen molar-refractivity contribution in [2.24, 2.45) is 0 Å². The lowest BCUT2D eigenvalue weighted by molar-refractivity contribution is -0.385. The summed E-state index contributed by atoms with van der Waals surface area (Å²) >= 11 is 7.46. The van der Waals surface area contributed by atoms with Gasteiger partial charge in [-0.05, 0) is 29.6 Å². The van der Waals surface area contributed by atoms with Crippen molar-refractivity contribution in [1.82, 2.24) is 4.90 Å². The summed E-state index contributed by atoms with van der Waals surface area (Å²) < 4.78 is 5.05. The van der Waals surface area contributed by atoms with Gasteiger partial charge >= 0.3 is 0 Å². The predicted molar refractivity (Wildman–Crippen MR) is 94.7 cm³/mol. The van der Waals surface area contributed by atoms with Crippen molar-refractivity contribution in [2.45, 2.75) is 13.1 Å². The van der Waals surface area contributed by atoms with Crippen molar-refractivity contribution in [2.75, 3.05) is 0 Å². The van der Waals surface area contributed by atoms with Gasteiger partial charge in [0.2, 0.25) is 0 Å². The number of amides is 1. The Kier molecular flexibility index (Phi) is 5.16. The maximum atomic E-state index is 13.0. The molecule has 25 heavy (non-hydrogen) atoms. The predicted octanol–water partition coefficient (Wildman–Crippen LogP) is 4.75. The number of nitrogens with zero attached hydrogens (tertiary/aromatic N) is 2. The minimum atomic E-state index is -0.579. The van der Waals surface area contributed by atoms with Gasteiger partial charge in [-0.1, -0.05) is 17.7 Å². The topological polar surface area (TPSA) is 76.6 Å². The number of carbonyl (C=O) groups excluding carboxylic acids is 1. The number of furan rings is 1.